The van der Waals surface area contributed by atoms with Crippen LogP contribution in [0.4, 0.5) is 5.69 Å². The number of halogens is 1. The van der Waals surface area contributed by atoms with Gasteiger partial charge in [0.2, 0.25) is 0 Å². The molecule has 3 rings (SSSR count). The minimum absolute atomic E-state index is 0.0188. The number of carbonyl (C=O) groups is 1. The van der Waals surface area contributed by atoms with Crippen molar-refractivity contribution in [3.63, 3.8) is 0 Å². The van der Waals surface area contributed by atoms with Gasteiger partial charge in [0.05, 0.1) is 17.8 Å². The number of amides is 1. The number of fused-ring (bicyclic) bond motifs is 1. The van der Waals surface area contributed by atoms with Crippen molar-refractivity contribution in [2.75, 3.05) is 12.3 Å². The summed E-state index contributed by atoms with van der Waals surface area (Å²) in [6.07, 6.45) is 1.65. The molecule has 1 heterocycles. The Morgan fingerprint density at radius 2 is 2.26 bits per heavy atom. The molecule has 6 heteroatoms. The smallest absolute Gasteiger partial charge is 0.264 e. The number of thiophene rings is 1. The molecule has 0 atom stereocenters. The van der Waals surface area contributed by atoms with Gasteiger partial charge in [-0.3, -0.25) is 4.79 Å². The van der Waals surface area contributed by atoms with Gasteiger partial charge in [0.25, 0.3) is 5.91 Å². The van der Waals surface area contributed by atoms with E-state index in [1.807, 2.05) is 18.2 Å². The van der Waals surface area contributed by atoms with E-state index in [-0.39, 0.29) is 12.5 Å². The second-order valence-corrected chi connectivity index (χ2v) is 6.85. The summed E-state index contributed by atoms with van der Waals surface area (Å²) in [7, 11) is 0. The van der Waals surface area contributed by atoms with E-state index in [9.17, 15) is 9.90 Å². The molecule has 19 heavy (non-hydrogen) atoms. The summed E-state index contributed by atoms with van der Waals surface area (Å²) in [5.74, 6) is -0.193. The topological polar surface area (TPSA) is 75.4 Å². The van der Waals surface area contributed by atoms with Gasteiger partial charge in [-0.05, 0) is 25.0 Å². The molecule has 0 radical (unpaired) electrons. The van der Waals surface area contributed by atoms with Crippen LogP contribution in [0.25, 0.3) is 10.1 Å². The number of benzene rings is 1. The Labute approximate surface area is 122 Å². The Bertz CT molecular complexity index is 664. The first-order valence-electron chi connectivity index (χ1n) is 5.95. The van der Waals surface area contributed by atoms with E-state index in [0.717, 1.165) is 27.4 Å². The van der Waals surface area contributed by atoms with Crippen LogP contribution in [0.15, 0.2) is 22.7 Å². The Hall–Kier alpha value is -1.11. The number of carbonyl (C=O) groups excluding carboxylic acids is 1. The van der Waals surface area contributed by atoms with E-state index in [2.05, 4.69) is 21.2 Å². The first kappa shape index (κ1) is 12.9. The number of nitrogen functional groups attached to an aromatic ring is 1. The van der Waals surface area contributed by atoms with Crippen LogP contribution in [-0.4, -0.2) is 23.2 Å². The van der Waals surface area contributed by atoms with Crippen LogP contribution in [0.3, 0.4) is 0 Å². The maximum absolute atomic E-state index is 12.2. The maximum Gasteiger partial charge on any atom is 0.264 e. The SMILES string of the molecule is Nc1c(C(=O)NC2(CO)CC2)sc2cc(Br)ccc12. The fourth-order valence-corrected chi connectivity index (χ4v) is 3.60. The number of hydrogen-bond acceptors (Lipinski definition) is 4. The summed E-state index contributed by atoms with van der Waals surface area (Å²) in [6.45, 7) is -0.0188. The first-order valence-corrected chi connectivity index (χ1v) is 7.56. The lowest BCUT2D eigenvalue weighted by atomic mass is 10.2. The van der Waals surface area contributed by atoms with Gasteiger partial charge in [-0.15, -0.1) is 11.3 Å². The molecule has 0 aliphatic heterocycles. The number of aliphatic hydroxyl groups is 1. The van der Waals surface area contributed by atoms with E-state index < -0.39 is 5.54 Å². The maximum atomic E-state index is 12.2. The Morgan fingerprint density at radius 1 is 1.53 bits per heavy atom. The molecule has 1 aromatic heterocycles. The van der Waals surface area contributed by atoms with Crippen molar-refractivity contribution in [3.8, 4) is 0 Å². The summed E-state index contributed by atoms with van der Waals surface area (Å²) >= 11 is 4.78. The van der Waals surface area contributed by atoms with E-state index >= 15 is 0 Å². The average Bonchev–Trinajstić information content (AvgIpc) is 3.08. The normalized spacial score (nSPS) is 16.5. The largest absolute Gasteiger partial charge is 0.397 e. The van der Waals surface area contributed by atoms with Gasteiger partial charge in [-0.25, -0.2) is 0 Å². The molecule has 1 saturated carbocycles. The Balaban J connectivity index is 1.96. The van der Waals surface area contributed by atoms with Gasteiger partial charge < -0.3 is 16.2 Å². The highest BCUT2D eigenvalue weighted by molar-refractivity contribution is 9.10. The van der Waals surface area contributed by atoms with Gasteiger partial charge in [-0.2, -0.15) is 0 Å². The predicted octanol–water partition coefficient (Wildman–Crippen LogP) is 2.50. The number of nitrogens with one attached hydrogen (secondary N) is 1. The van der Waals surface area contributed by atoms with Crippen LogP contribution in [0.2, 0.25) is 0 Å². The lowest BCUT2D eigenvalue weighted by Gasteiger charge is -2.13. The van der Waals surface area contributed by atoms with Crippen LogP contribution in [0, 0.1) is 0 Å². The van der Waals surface area contributed by atoms with Crippen molar-refractivity contribution >= 4 is 48.9 Å². The van der Waals surface area contributed by atoms with E-state index in [1.165, 1.54) is 11.3 Å². The van der Waals surface area contributed by atoms with E-state index in [1.54, 1.807) is 0 Å². The molecular formula is C13H13BrN2O2S. The van der Waals surface area contributed by atoms with Crippen LogP contribution >= 0.6 is 27.3 Å². The minimum atomic E-state index is -0.416. The third-order valence-corrected chi connectivity index (χ3v) is 5.09. The number of aliphatic hydroxyl groups excluding tert-OH is 1. The molecule has 1 amide bonds. The van der Waals surface area contributed by atoms with Crippen molar-refractivity contribution in [1.29, 1.82) is 0 Å². The number of nitrogens with two attached hydrogens (primary N) is 1. The van der Waals surface area contributed by atoms with Crippen molar-refractivity contribution in [2.45, 2.75) is 18.4 Å². The second kappa shape index (κ2) is 4.47. The molecule has 1 fully saturated rings. The van der Waals surface area contributed by atoms with Gasteiger partial charge >= 0.3 is 0 Å². The lowest BCUT2D eigenvalue weighted by Crippen LogP contribution is -2.39. The molecule has 0 saturated heterocycles. The molecule has 1 aromatic carbocycles. The molecule has 2 aromatic rings. The molecule has 4 nitrogen and oxygen atoms in total. The highest BCUT2D eigenvalue weighted by Crippen LogP contribution is 2.38. The zero-order chi connectivity index (χ0) is 13.6. The zero-order valence-corrected chi connectivity index (χ0v) is 12.5. The number of rotatable bonds is 3. The summed E-state index contributed by atoms with van der Waals surface area (Å²) in [6, 6.07) is 5.76. The minimum Gasteiger partial charge on any atom is -0.397 e. The molecule has 1 aliphatic rings. The molecule has 100 valence electrons. The highest BCUT2D eigenvalue weighted by atomic mass is 79.9. The van der Waals surface area contributed by atoms with Crippen molar-refractivity contribution in [3.05, 3.63) is 27.5 Å². The van der Waals surface area contributed by atoms with Gasteiger partial charge in [0, 0.05) is 14.6 Å². The predicted molar refractivity (Wildman–Crippen MR) is 80.5 cm³/mol. The quantitative estimate of drug-likeness (QED) is 0.803. The Morgan fingerprint density at radius 3 is 2.89 bits per heavy atom. The van der Waals surface area contributed by atoms with Crippen molar-refractivity contribution in [1.82, 2.24) is 5.32 Å². The van der Waals surface area contributed by atoms with Crippen LogP contribution < -0.4 is 11.1 Å². The Kier molecular flexibility index (Phi) is 3.03. The first-order chi connectivity index (χ1) is 9.04. The van der Waals surface area contributed by atoms with Crippen LogP contribution in [-0.2, 0) is 0 Å². The molecule has 0 unspecified atom stereocenters. The summed E-state index contributed by atoms with van der Waals surface area (Å²) < 4.78 is 1.94. The number of anilines is 1. The summed E-state index contributed by atoms with van der Waals surface area (Å²) in [5, 5.41) is 13.0. The molecule has 1 aliphatic carbocycles. The fraction of sp³-hybridized carbons (Fsp3) is 0.308. The van der Waals surface area contributed by atoms with Gasteiger partial charge in [-0.1, -0.05) is 22.0 Å². The van der Waals surface area contributed by atoms with Crippen LogP contribution in [0.5, 0.6) is 0 Å². The monoisotopic (exact) mass is 340 g/mol. The summed E-state index contributed by atoms with van der Waals surface area (Å²) in [5.41, 5.74) is 6.14. The third-order valence-electron chi connectivity index (χ3n) is 3.43. The van der Waals surface area contributed by atoms with E-state index in [0.29, 0.717) is 10.6 Å². The van der Waals surface area contributed by atoms with Gasteiger partial charge in [0.15, 0.2) is 0 Å². The molecule has 4 N–H and O–H groups in total. The molecule has 0 spiro atoms. The fourth-order valence-electron chi connectivity index (χ4n) is 2.03. The lowest BCUT2D eigenvalue weighted by molar-refractivity contribution is 0.0912. The van der Waals surface area contributed by atoms with Gasteiger partial charge in [0.1, 0.15) is 4.88 Å². The average molecular weight is 341 g/mol. The second-order valence-electron chi connectivity index (χ2n) is 4.88. The molecule has 0 bridgehead atoms. The zero-order valence-electron chi connectivity index (χ0n) is 10.1. The van der Waals surface area contributed by atoms with Crippen LogP contribution in [0.1, 0.15) is 22.5 Å². The number of hydrogen-bond donors (Lipinski definition) is 3. The summed E-state index contributed by atoms with van der Waals surface area (Å²) in [4.78, 5) is 12.8. The van der Waals surface area contributed by atoms with Crippen molar-refractivity contribution < 1.29 is 9.90 Å². The molecular weight excluding hydrogens is 328 g/mol. The van der Waals surface area contributed by atoms with E-state index in [4.69, 9.17) is 5.73 Å². The standard InChI is InChI=1S/C13H13BrN2O2S/c14-7-1-2-8-9(5-7)19-11(10(8)15)12(18)16-13(6-17)3-4-13/h1-2,5,17H,3-4,6,15H2,(H,16,18). The van der Waals surface area contributed by atoms with Crippen molar-refractivity contribution in [2.24, 2.45) is 0 Å². The highest BCUT2D eigenvalue weighted by Gasteiger charge is 2.44. The third kappa shape index (κ3) is 2.24.